The SMILES string of the molecule is CCCCCCc1cc(-c2ccc(N(c3ccc(OC)cc3)c3ccc(OC)cc3)cc2)sc1/C=C(\C=C(/C#N)C(=O)O)c1ccc(-c2nc3ccccc3s2)cc1. The summed E-state index contributed by atoms with van der Waals surface area (Å²) in [5.41, 5.74) is 8.32. The van der Waals surface area contributed by atoms with Crippen molar-refractivity contribution in [1.82, 2.24) is 4.98 Å². The lowest BCUT2D eigenvalue weighted by Crippen LogP contribution is -2.09. The number of carboxylic acid groups (broad SMARTS) is 1. The van der Waals surface area contributed by atoms with Crippen molar-refractivity contribution in [3.63, 3.8) is 0 Å². The van der Waals surface area contributed by atoms with Gasteiger partial charge in [0.1, 0.15) is 28.1 Å². The first-order valence-electron chi connectivity index (χ1n) is 19.2. The number of rotatable bonds is 16. The van der Waals surface area contributed by atoms with Gasteiger partial charge in [-0.25, -0.2) is 9.78 Å². The molecule has 0 saturated heterocycles. The van der Waals surface area contributed by atoms with Crippen molar-refractivity contribution in [2.24, 2.45) is 0 Å². The van der Waals surface area contributed by atoms with Crippen molar-refractivity contribution in [3.05, 3.63) is 155 Å². The molecule has 0 unspecified atom stereocenters. The van der Waals surface area contributed by atoms with Crippen LogP contribution in [-0.4, -0.2) is 30.3 Å². The smallest absolute Gasteiger partial charge is 0.346 e. The number of aliphatic carboxylic acids is 1. The largest absolute Gasteiger partial charge is 0.497 e. The third kappa shape index (κ3) is 9.21. The van der Waals surface area contributed by atoms with E-state index in [1.807, 2.05) is 103 Å². The number of aromatic nitrogens is 1. The summed E-state index contributed by atoms with van der Waals surface area (Å²) < 4.78 is 12.0. The Morgan fingerprint density at radius 2 is 1.38 bits per heavy atom. The third-order valence-corrected chi connectivity index (χ3v) is 12.2. The van der Waals surface area contributed by atoms with E-state index >= 15 is 0 Å². The first-order valence-corrected chi connectivity index (χ1v) is 20.8. The summed E-state index contributed by atoms with van der Waals surface area (Å²) in [6, 6.07) is 44.8. The summed E-state index contributed by atoms with van der Waals surface area (Å²) in [5, 5.41) is 20.6. The van der Waals surface area contributed by atoms with Crippen LogP contribution in [0.25, 0.3) is 42.9 Å². The number of thiazole rings is 1. The number of fused-ring (bicyclic) bond motifs is 1. The number of hydrogen-bond acceptors (Lipinski definition) is 8. The summed E-state index contributed by atoms with van der Waals surface area (Å²) in [7, 11) is 3.33. The van der Waals surface area contributed by atoms with Gasteiger partial charge in [0.25, 0.3) is 0 Å². The Bertz CT molecular complexity index is 2520. The number of nitriles is 1. The van der Waals surface area contributed by atoms with Gasteiger partial charge in [-0.05, 0) is 126 Å². The quantitative estimate of drug-likeness (QED) is 0.0450. The van der Waals surface area contributed by atoms with Crippen LogP contribution in [-0.2, 0) is 11.2 Å². The lowest BCUT2D eigenvalue weighted by Gasteiger charge is -2.26. The maximum atomic E-state index is 12.1. The van der Waals surface area contributed by atoms with Gasteiger partial charge in [-0.2, -0.15) is 5.26 Å². The minimum Gasteiger partial charge on any atom is -0.497 e. The number of carboxylic acids is 1. The van der Waals surface area contributed by atoms with Gasteiger partial charge in [-0.15, -0.1) is 22.7 Å². The molecular formula is C49H43N3O4S2. The monoisotopic (exact) mass is 801 g/mol. The van der Waals surface area contributed by atoms with Gasteiger partial charge in [-0.3, -0.25) is 0 Å². The van der Waals surface area contributed by atoms with Crippen LogP contribution in [0.4, 0.5) is 17.1 Å². The van der Waals surface area contributed by atoms with Gasteiger partial charge >= 0.3 is 5.97 Å². The molecule has 2 heterocycles. The number of hydrogen-bond donors (Lipinski definition) is 1. The van der Waals surface area contributed by atoms with E-state index in [0.717, 1.165) is 95.9 Å². The van der Waals surface area contributed by atoms with Gasteiger partial charge in [0.2, 0.25) is 0 Å². The van der Waals surface area contributed by atoms with Gasteiger partial charge < -0.3 is 19.5 Å². The summed E-state index contributed by atoms with van der Waals surface area (Å²) in [6.07, 6.45) is 8.90. The Morgan fingerprint density at radius 1 is 0.776 bits per heavy atom. The van der Waals surface area contributed by atoms with Crippen LogP contribution in [0.15, 0.2) is 139 Å². The molecule has 0 bridgehead atoms. The van der Waals surface area contributed by atoms with Crippen molar-refractivity contribution < 1.29 is 19.4 Å². The van der Waals surface area contributed by atoms with Crippen LogP contribution in [0.5, 0.6) is 11.5 Å². The van der Waals surface area contributed by atoms with E-state index in [1.54, 1.807) is 36.9 Å². The minimum atomic E-state index is -1.26. The molecule has 1 N–H and O–H groups in total. The first-order chi connectivity index (χ1) is 28.4. The Morgan fingerprint density at radius 3 is 1.95 bits per heavy atom. The first kappa shape index (κ1) is 39.8. The molecule has 0 spiro atoms. The highest BCUT2D eigenvalue weighted by Crippen LogP contribution is 2.40. The van der Waals surface area contributed by atoms with Gasteiger partial charge in [0.15, 0.2) is 0 Å². The summed E-state index contributed by atoms with van der Waals surface area (Å²) in [5.74, 6) is 0.312. The molecule has 290 valence electrons. The van der Waals surface area contributed by atoms with E-state index in [4.69, 9.17) is 14.5 Å². The second kappa shape index (κ2) is 18.6. The Kier molecular flexibility index (Phi) is 12.8. The number of anilines is 3. The van der Waals surface area contributed by atoms with E-state index in [9.17, 15) is 15.2 Å². The number of nitrogens with zero attached hydrogens (tertiary/aromatic N) is 3. The minimum absolute atomic E-state index is 0.323. The average Bonchev–Trinajstić information content (AvgIpc) is 3.89. The lowest BCUT2D eigenvalue weighted by atomic mass is 9.99. The number of allylic oxidation sites excluding steroid dienone is 2. The van der Waals surface area contributed by atoms with Gasteiger partial charge in [-0.1, -0.05) is 74.7 Å². The van der Waals surface area contributed by atoms with Gasteiger partial charge in [0.05, 0.1) is 24.4 Å². The number of thiophene rings is 1. The Labute approximate surface area is 347 Å². The van der Waals surface area contributed by atoms with Crippen molar-refractivity contribution in [1.29, 1.82) is 5.26 Å². The second-order valence-electron chi connectivity index (χ2n) is 13.7. The Hall–Kier alpha value is -6.47. The fourth-order valence-corrected chi connectivity index (χ4v) is 8.92. The topological polar surface area (TPSA) is 95.7 Å². The second-order valence-corrected chi connectivity index (χ2v) is 15.8. The molecule has 5 aromatic carbocycles. The van der Waals surface area contributed by atoms with Crippen LogP contribution in [0, 0.1) is 11.3 Å². The molecule has 7 rings (SSSR count). The van der Waals surface area contributed by atoms with Crippen LogP contribution < -0.4 is 14.4 Å². The zero-order valence-corrected chi connectivity index (χ0v) is 34.3. The van der Waals surface area contributed by atoms with E-state index in [1.165, 1.54) is 18.1 Å². The molecule has 0 radical (unpaired) electrons. The lowest BCUT2D eigenvalue weighted by molar-refractivity contribution is -0.132. The highest BCUT2D eigenvalue weighted by Gasteiger charge is 2.17. The van der Waals surface area contributed by atoms with E-state index in [0.29, 0.717) is 5.57 Å². The molecular weight excluding hydrogens is 759 g/mol. The maximum absolute atomic E-state index is 12.1. The maximum Gasteiger partial charge on any atom is 0.346 e. The predicted octanol–water partition coefficient (Wildman–Crippen LogP) is 13.4. The molecule has 0 saturated carbocycles. The molecule has 9 heteroatoms. The number of carbonyl (C=O) groups is 1. The zero-order chi connectivity index (χ0) is 40.4. The zero-order valence-electron chi connectivity index (χ0n) is 32.6. The van der Waals surface area contributed by atoms with E-state index in [2.05, 4.69) is 48.2 Å². The molecule has 0 aliphatic rings. The molecule has 2 aromatic heterocycles. The average molecular weight is 802 g/mol. The van der Waals surface area contributed by atoms with Crippen LogP contribution in [0.1, 0.15) is 48.6 Å². The molecule has 0 fully saturated rings. The molecule has 0 aliphatic heterocycles. The molecule has 0 aliphatic carbocycles. The number of unbranched alkanes of at least 4 members (excludes halogenated alkanes) is 3. The predicted molar refractivity (Wildman–Crippen MR) is 240 cm³/mol. The highest BCUT2D eigenvalue weighted by molar-refractivity contribution is 7.21. The standard InChI is InChI=1S/C49H43N3O4S2/c1-4-5-6-7-10-36-30-46(34-17-19-39(20-18-34)52(40-21-25-42(55-2)26-22-40)41-23-27-43(56-3)28-24-41)57-47(36)31-37(29-38(32-50)49(53)54)33-13-15-35(16-14-33)48-51-44-11-8-9-12-45(44)58-48/h8-9,11-31H,4-7,10H2,1-3H3,(H,53,54)/b37-31+,38-29+. The summed E-state index contributed by atoms with van der Waals surface area (Å²) in [4.78, 5) is 21.3. The van der Waals surface area contributed by atoms with Crippen LogP contribution >= 0.6 is 22.7 Å². The number of ether oxygens (including phenoxy) is 2. The van der Waals surface area contributed by atoms with Gasteiger partial charge in [0, 0.05) is 32.4 Å². The van der Waals surface area contributed by atoms with Crippen molar-refractivity contribution >= 4 is 67.6 Å². The van der Waals surface area contributed by atoms with Crippen LogP contribution in [0.3, 0.4) is 0 Å². The third-order valence-electron chi connectivity index (χ3n) is 9.91. The fourth-order valence-electron chi connectivity index (χ4n) is 6.78. The van der Waals surface area contributed by atoms with E-state index in [-0.39, 0.29) is 5.57 Å². The fraction of sp³-hybridized carbons (Fsp3) is 0.163. The normalized spacial score (nSPS) is 11.7. The molecule has 58 heavy (non-hydrogen) atoms. The van der Waals surface area contributed by atoms with Crippen molar-refractivity contribution in [2.75, 3.05) is 19.1 Å². The number of para-hydroxylation sites is 1. The highest BCUT2D eigenvalue weighted by atomic mass is 32.1. The van der Waals surface area contributed by atoms with Crippen LogP contribution in [0.2, 0.25) is 0 Å². The summed E-state index contributed by atoms with van der Waals surface area (Å²) in [6.45, 7) is 2.21. The number of benzene rings is 5. The molecule has 7 nitrogen and oxygen atoms in total. The van der Waals surface area contributed by atoms with Crippen molar-refractivity contribution in [2.45, 2.75) is 39.0 Å². The van der Waals surface area contributed by atoms with Crippen molar-refractivity contribution in [3.8, 4) is 38.6 Å². The molecule has 7 aromatic rings. The molecule has 0 atom stereocenters. The Balaban J connectivity index is 1.26. The summed E-state index contributed by atoms with van der Waals surface area (Å²) >= 11 is 3.31. The number of aryl methyl sites for hydroxylation is 1. The molecule has 0 amide bonds. The van der Waals surface area contributed by atoms with E-state index < -0.39 is 5.97 Å². The number of methoxy groups -OCH3 is 2.